The smallest absolute Gasteiger partial charge is 0.331 e. The zero-order chi connectivity index (χ0) is 12.4. The summed E-state index contributed by atoms with van der Waals surface area (Å²) in [5.74, 6) is 0.609. The quantitative estimate of drug-likeness (QED) is 0.598. The van der Waals surface area contributed by atoms with Crippen molar-refractivity contribution in [3.8, 4) is 0 Å². The normalized spacial score (nSPS) is 29.9. The van der Waals surface area contributed by atoms with Crippen molar-refractivity contribution in [1.29, 1.82) is 0 Å². The molecule has 18 heavy (non-hydrogen) atoms. The number of carbonyl (C=O) groups excluding carboxylic acids is 1. The third-order valence-electron chi connectivity index (χ3n) is 4.21. The molecule has 2 nitrogen and oxygen atoms in total. The molecule has 2 aliphatic carbocycles. The Morgan fingerprint density at radius 1 is 1.22 bits per heavy atom. The van der Waals surface area contributed by atoms with E-state index < -0.39 is 0 Å². The second-order valence-electron chi connectivity index (χ2n) is 5.50. The van der Waals surface area contributed by atoms with Gasteiger partial charge in [-0.3, -0.25) is 0 Å². The first-order chi connectivity index (χ1) is 8.76. The minimum Gasteiger partial charge on any atom is -0.456 e. The van der Waals surface area contributed by atoms with Crippen LogP contribution in [0.3, 0.4) is 0 Å². The SMILES string of the molecule is O=C(C=Cc1ccccc1)OC12CCC(CC1)C2. The molecule has 0 unspecified atom stereocenters. The highest BCUT2D eigenvalue weighted by Crippen LogP contribution is 2.49. The molecule has 0 spiro atoms. The summed E-state index contributed by atoms with van der Waals surface area (Å²) in [6.07, 6.45) is 9.03. The van der Waals surface area contributed by atoms with Gasteiger partial charge >= 0.3 is 5.97 Å². The highest BCUT2D eigenvalue weighted by molar-refractivity contribution is 5.87. The third kappa shape index (κ3) is 2.33. The maximum atomic E-state index is 11.8. The molecule has 0 aliphatic heterocycles. The van der Waals surface area contributed by atoms with Crippen molar-refractivity contribution in [3.63, 3.8) is 0 Å². The number of fused-ring (bicyclic) bond motifs is 2. The number of carbonyl (C=O) groups is 1. The molecule has 2 saturated carbocycles. The molecule has 0 N–H and O–H groups in total. The molecule has 0 radical (unpaired) electrons. The van der Waals surface area contributed by atoms with E-state index in [1.54, 1.807) is 6.08 Å². The number of benzene rings is 1. The molecule has 2 aliphatic rings. The summed E-state index contributed by atoms with van der Waals surface area (Å²) in [6.45, 7) is 0. The molecular weight excluding hydrogens is 224 g/mol. The molecule has 1 aromatic rings. The van der Waals surface area contributed by atoms with Crippen LogP contribution in [0.1, 0.15) is 37.7 Å². The van der Waals surface area contributed by atoms with Gasteiger partial charge in [0.05, 0.1) is 0 Å². The van der Waals surface area contributed by atoms with E-state index in [0.29, 0.717) is 0 Å². The van der Waals surface area contributed by atoms with Crippen LogP contribution >= 0.6 is 0 Å². The summed E-state index contributed by atoms with van der Waals surface area (Å²) in [5, 5.41) is 0. The summed E-state index contributed by atoms with van der Waals surface area (Å²) < 4.78 is 5.69. The van der Waals surface area contributed by atoms with E-state index >= 15 is 0 Å². The average Bonchev–Trinajstić information content (AvgIpc) is 2.97. The Hall–Kier alpha value is -1.57. The number of hydrogen-bond donors (Lipinski definition) is 0. The number of rotatable bonds is 3. The summed E-state index contributed by atoms with van der Waals surface area (Å²) in [5.41, 5.74) is 0.908. The second-order valence-corrected chi connectivity index (χ2v) is 5.50. The van der Waals surface area contributed by atoms with Crippen LogP contribution in [0.2, 0.25) is 0 Å². The Balaban J connectivity index is 1.61. The first kappa shape index (κ1) is 11.5. The molecule has 0 saturated heterocycles. The van der Waals surface area contributed by atoms with Gasteiger partial charge in [-0.15, -0.1) is 0 Å². The van der Waals surface area contributed by atoms with Gasteiger partial charge in [0.15, 0.2) is 0 Å². The van der Waals surface area contributed by atoms with Crippen molar-refractivity contribution >= 4 is 12.0 Å². The molecule has 94 valence electrons. The Bertz CT molecular complexity index is 453. The fourth-order valence-electron chi connectivity index (χ4n) is 3.26. The van der Waals surface area contributed by atoms with E-state index in [1.807, 2.05) is 36.4 Å². The fraction of sp³-hybridized carbons (Fsp3) is 0.438. The van der Waals surface area contributed by atoms with E-state index in [0.717, 1.165) is 30.7 Å². The minimum atomic E-state index is -0.193. The topological polar surface area (TPSA) is 26.3 Å². The third-order valence-corrected chi connectivity index (χ3v) is 4.21. The lowest BCUT2D eigenvalue weighted by molar-refractivity contribution is -0.152. The van der Waals surface area contributed by atoms with Crippen molar-refractivity contribution in [2.75, 3.05) is 0 Å². The highest BCUT2D eigenvalue weighted by Gasteiger charge is 2.47. The lowest BCUT2D eigenvalue weighted by Crippen LogP contribution is -2.29. The molecule has 3 rings (SSSR count). The maximum absolute atomic E-state index is 11.8. The molecular formula is C16H18O2. The van der Waals surface area contributed by atoms with Gasteiger partial charge in [0.1, 0.15) is 5.60 Å². The molecule has 2 fully saturated rings. The van der Waals surface area contributed by atoms with Gasteiger partial charge in [-0.1, -0.05) is 30.3 Å². The minimum absolute atomic E-state index is 0.122. The van der Waals surface area contributed by atoms with Crippen LogP contribution in [0.5, 0.6) is 0 Å². The van der Waals surface area contributed by atoms with E-state index in [1.165, 1.54) is 12.8 Å². The Labute approximate surface area is 108 Å². The highest BCUT2D eigenvalue weighted by atomic mass is 16.6. The molecule has 0 amide bonds. The number of ether oxygens (including phenoxy) is 1. The van der Waals surface area contributed by atoms with Gasteiger partial charge < -0.3 is 4.74 Å². The van der Waals surface area contributed by atoms with Crippen LogP contribution in [-0.2, 0) is 9.53 Å². The predicted octanol–water partition coefficient (Wildman–Crippen LogP) is 3.58. The lowest BCUT2D eigenvalue weighted by Gasteiger charge is -2.25. The largest absolute Gasteiger partial charge is 0.456 e. The van der Waals surface area contributed by atoms with Crippen molar-refractivity contribution in [3.05, 3.63) is 42.0 Å². The maximum Gasteiger partial charge on any atom is 0.331 e. The van der Waals surface area contributed by atoms with Crippen LogP contribution in [0.15, 0.2) is 36.4 Å². The van der Waals surface area contributed by atoms with Gasteiger partial charge in [0.25, 0.3) is 0 Å². The molecule has 0 aromatic heterocycles. The number of esters is 1. The standard InChI is InChI=1S/C16H18O2/c17-15(7-6-13-4-2-1-3-5-13)18-16-10-8-14(12-16)9-11-16/h1-7,14H,8-12H2. The van der Waals surface area contributed by atoms with Gasteiger partial charge in [-0.25, -0.2) is 4.79 Å². The first-order valence-corrected chi connectivity index (χ1v) is 6.72. The van der Waals surface area contributed by atoms with Gasteiger partial charge in [0.2, 0.25) is 0 Å². The molecule has 2 heteroatoms. The Morgan fingerprint density at radius 3 is 2.56 bits per heavy atom. The van der Waals surface area contributed by atoms with Crippen molar-refractivity contribution in [2.45, 2.75) is 37.7 Å². The van der Waals surface area contributed by atoms with Crippen LogP contribution in [-0.4, -0.2) is 11.6 Å². The Morgan fingerprint density at radius 2 is 1.94 bits per heavy atom. The lowest BCUT2D eigenvalue weighted by atomic mass is 9.97. The number of hydrogen-bond acceptors (Lipinski definition) is 2. The second kappa shape index (κ2) is 4.60. The fourth-order valence-corrected chi connectivity index (χ4v) is 3.26. The zero-order valence-corrected chi connectivity index (χ0v) is 10.5. The van der Waals surface area contributed by atoms with E-state index in [2.05, 4.69) is 0 Å². The van der Waals surface area contributed by atoms with Gasteiger partial charge in [-0.2, -0.15) is 0 Å². The van der Waals surface area contributed by atoms with Gasteiger partial charge in [0, 0.05) is 6.08 Å². The first-order valence-electron chi connectivity index (χ1n) is 6.72. The summed E-state index contributed by atoms with van der Waals surface area (Å²) in [7, 11) is 0. The van der Waals surface area contributed by atoms with Gasteiger partial charge in [-0.05, 0) is 49.7 Å². The Kier molecular flexibility index (Phi) is 2.94. The van der Waals surface area contributed by atoms with E-state index in [4.69, 9.17) is 4.74 Å². The zero-order valence-electron chi connectivity index (χ0n) is 10.5. The van der Waals surface area contributed by atoms with Crippen LogP contribution in [0, 0.1) is 5.92 Å². The van der Waals surface area contributed by atoms with Crippen LogP contribution in [0.4, 0.5) is 0 Å². The van der Waals surface area contributed by atoms with Crippen LogP contribution in [0.25, 0.3) is 6.08 Å². The summed E-state index contributed by atoms with van der Waals surface area (Å²) >= 11 is 0. The average molecular weight is 242 g/mol. The van der Waals surface area contributed by atoms with Crippen molar-refractivity contribution < 1.29 is 9.53 Å². The van der Waals surface area contributed by atoms with E-state index in [9.17, 15) is 4.79 Å². The molecule has 1 aromatic carbocycles. The predicted molar refractivity (Wildman–Crippen MR) is 70.9 cm³/mol. The van der Waals surface area contributed by atoms with E-state index in [-0.39, 0.29) is 11.6 Å². The van der Waals surface area contributed by atoms with Crippen LogP contribution < -0.4 is 0 Å². The summed E-state index contributed by atoms with van der Waals surface area (Å²) in [6, 6.07) is 9.84. The van der Waals surface area contributed by atoms with Crippen molar-refractivity contribution in [1.82, 2.24) is 0 Å². The molecule has 0 atom stereocenters. The summed E-state index contributed by atoms with van der Waals surface area (Å²) in [4.78, 5) is 11.8. The monoisotopic (exact) mass is 242 g/mol. The molecule has 2 bridgehead atoms. The van der Waals surface area contributed by atoms with Crippen molar-refractivity contribution in [2.24, 2.45) is 5.92 Å². The molecule has 0 heterocycles.